The maximum absolute atomic E-state index is 13.9. The molecule has 1 heterocycles. The second-order valence-electron chi connectivity index (χ2n) is 4.88. The predicted octanol–water partition coefficient (Wildman–Crippen LogP) is 3.08. The van der Waals surface area contributed by atoms with E-state index >= 15 is 0 Å². The Morgan fingerprint density at radius 2 is 2.26 bits per heavy atom. The minimum absolute atomic E-state index is 0.112. The molecule has 1 aliphatic heterocycles. The number of benzene rings is 1. The number of amides is 1. The summed E-state index contributed by atoms with van der Waals surface area (Å²) in [4.78, 5) is 14.4. The Labute approximate surface area is 120 Å². The van der Waals surface area contributed by atoms with E-state index < -0.39 is 5.82 Å². The summed E-state index contributed by atoms with van der Waals surface area (Å²) >= 11 is 3.59. The molecular weight excluding hydrogens is 313 g/mol. The maximum atomic E-state index is 13.9. The highest BCUT2D eigenvalue weighted by Crippen LogP contribution is 2.25. The van der Waals surface area contributed by atoms with Crippen molar-refractivity contribution in [3.63, 3.8) is 0 Å². The first-order valence-electron chi connectivity index (χ1n) is 6.29. The number of methoxy groups -OCH3 is 1. The average molecular weight is 330 g/mol. The number of carbonyl (C=O) groups is 1. The van der Waals surface area contributed by atoms with Crippen LogP contribution in [0.15, 0.2) is 18.2 Å². The summed E-state index contributed by atoms with van der Waals surface area (Å²) in [5.74, 6) is 0.0185. The molecule has 104 valence electrons. The lowest BCUT2D eigenvalue weighted by atomic mass is 9.99. The molecule has 19 heavy (non-hydrogen) atoms. The molecule has 1 aromatic carbocycles. The standard InChI is InChI=1S/C14H17BrFNO2/c1-9-8-17(6-5-12(9)15)14(18)11-4-3-10(19-2)7-13(11)16/h3-4,7,9,12H,5-6,8H2,1-2H3. The van der Waals surface area contributed by atoms with Crippen LogP contribution >= 0.6 is 15.9 Å². The van der Waals surface area contributed by atoms with Crippen molar-refractivity contribution in [3.8, 4) is 5.75 Å². The molecule has 2 unspecified atom stereocenters. The third kappa shape index (κ3) is 3.08. The summed E-state index contributed by atoms with van der Waals surface area (Å²) in [5.41, 5.74) is 0.112. The number of likely N-dealkylation sites (tertiary alicyclic amines) is 1. The summed E-state index contributed by atoms with van der Waals surface area (Å²) in [6.07, 6.45) is 0.894. The van der Waals surface area contributed by atoms with Crippen LogP contribution in [0.25, 0.3) is 0 Å². The minimum Gasteiger partial charge on any atom is -0.497 e. The number of piperidine rings is 1. The minimum atomic E-state index is -0.530. The van der Waals surface area contributed by atoms with Crippen molar-refractivity contribution in [2.45, 2.75) is 18.2 Å². The van der Waals surface area contributed by atoms with Crippen molar-refractivity contribution in [2.24, 2.45) is 5.92 Å². The van der Waals surface area contributed by atoms with Gasteiger partial charge in [-0.05, 0) is 24.5 Å². The lowest BCUT2D eigenvalue weighted by Gasteiger charge is -2.34. The second kappa shape index (κ2) is 5.90. The molecule has 1 amide bonds. The van der Waals surface area contributed by atoms with Crippen LogP contribution in [0, 0.1) is 11.7 Å². The van der Waals surface area contributed by atoms with Gasteiger partial charge in [0.2, 0.25) is 0 Å². The van der Waals surface area contributed by atoms with Crippen LogP contribution in [0.2, 0.25) is 0 Å². The normalized spacial score (nSPS) is 23.3. The van der Waals surface area contributed by atoms with Gasteiger partial charge in [0.25, 0.3) is 5.91 Å². The number of hydrogen-bond acceptors (Lipinski definition) is 2. The first-order valence-corrected chi connectivity index (χ1v) is 7.21. The van der Waals surface area contributed by atoms with Gasteiger partial charge in [0.1, 0.15) is 11.6 Å². The molecule has 0 aliphatic carbocycles. The fourth-order valence-electron chi connectivity index (χ4n) is 2.27. The number of hydrogen-bond donors (Lipinski definition) is 0. The van der Waals surface area contributed by atoms with Gasteiger partial charge in [-0.25, -0.2) is 4.39 Å². The topological polar surface area (TPSA) is 29.5 Å². The van der Waals surface area contributed by atoms with E-state index in [0.29, 0.717) is 29.6 Å². The van der Waals surface area contributed by atoms with E-state index in [1.807, 2.05) is 0 Å². The number of rotatable bonds is 2. The number of ether oxygens (including phenoxy) is 1. The summed E-state index contributed by atoms with van der Waals surface area (Å²) in [6.45, 7) is 3.40. The Balaban J connectivity index is 2.16. The van der Waals surface area contributed by atoms with E-state index in [1.165, 1.54) is 19.2 Å². The zero-order chi connectivity index (χ0) is 14.0. The zero-order valence-corrected chi connectivity index (χ0v) is 12.6. The van der Waals surface area contributed by atoms with E-state index in [4.69, 9.17) is 4.74 Å². The van der Waals surface area contributed by atoms with Gasteiger partial charge >= 0.3 is 0 Å². The van der Waals surface area contributed by atoms with Gasteiger partial charge in [0.05, 0.1) is 12.7 Å². The van der Waals surface area contributed by atoms with Crippen LogP contribution in [0.3, 0.4) is 0 Å². The smallest absolute Gasteiger partial charge is 0.256 e. The summed E-state index contributed by atoms with van der Waals surface area (Å²) in [7, 11) is 1.47. The first kappa shape index (κ1) is 14.3. The number of halogens is 2. The van der Waals surface area contributed by atoms with Crippen molar-refractivity contribution < 1.29 is 13.9 Å². The maximum Gasteiger partial charge on any atom is 0.256 e. The van der Waals surface area contributed by atoms with Crippen LogP contribution in [0.1, 0.15) is 23.7 Å². The molecule has 0 saturated carbocycles. The Bertz CT molecular complexity index is 481. The molecule has 3 nitrogen and oxygen atoms in total. The molecule has 0 spiro atoms. The molecular formula is C14H17BrFNO2. The highest BCUT2D eigenvalue weighted by atomic mass is 79.9. The van der Waals surface area contributed by atoms with Gasteiger partial charge in [-0.1, -0.05) is 22.9 Å². The van der Waals surface area contributed by atoms with Crippen molar-refractivity contribution in [2.75, 3.05) is 20.2 Å². The Kier molecular flexibility index (Phi) is 4.45. The van der Waals surface area contributed by atoms with E-state index in [-0.39, 0.29) is 11.5 Å². The van der Waals surface area contributed by atoms with Crippen LogP contribution in [-0.4, -0.2) is 35.8 Å². The predicted molar refractivity (Wildman–Crippen MR) is 75.4 cm³/mol. The van der Waals surface area contributed by atoms with E-state index in [2.05, 4.69) is 22.9 Å². The van der Waals surface area contributed by atoms with Gasteiger partial charge in [-0.15, -0.1) is 0 Å². The molecule has 1 fully saturated rings. The fourth-order valence-corrected chi connectivity index (χ4v) is 2.64. The molecule has 2 atom stereocenters. The molecule has 0 radical (unpaired) electrons. The molecule has 1 aromatic rings. The number of carbonyl (C=O) groups excluding carboxylic acids is 1. The lowest BCUT2D eigenvalue weighted by molar-refractivity contribution is 0.0685. The lowest BCUT2D eigenvalue weighted by Crippen LogP contribution is -2.43. The largest absolute Gasteiger partial charge is 0.497 e. The SMILES string of the molecule is COc1ccc(C(=O)N2CCC(Br)C(C)C2)c(F)c1. The first-order chi connectivity index (χ1) is 9.02. The number of nitrogens with zero attached hydrogens (tertiary/aromatic N) is 1. The molecule has 5 heteroatoms. The van der Waals surface area contributed by atoms with E-state index in [0.717, 1.165) is 6.42 Å². The molecule has 0 aromatic heterocycles. The van der Waals surface area contributed by atoms with Gasteiger partial charge in [0, 0.05) is 24.0 Å². The van der Waals surface area contributed by atoms with Crippen molar-refractivity contribution in [1.29, 1.82) is 0 Å². The molecule has 1 saturated heterocycles. The average Bonchev–Trinajstić information content (AvgIpc) is 2.41. The molecule has 1 aliphatic rings. The van der Waals surface area contributed by atoms with Crippen molar-refractivity contribution in [3.05, 3.63) is 29.6 Å². The summed E-state index contributed by atoms with van der Waals surface area (Å²) in [5, 5.41) is 0. The summed E-state index contributed by atoms with van der Waals surface area (Å²) < 4.78 is 18.8. The Hall–Kier alpha value is -1.10. The monoisotopic (exact) mass is 329 g/mol. The highest BCUT2D eigenvalue weighted by molar-refractivity contribution is 9.09. The zero-order valence-electron chi connectivity index (χ0n) is 11.0. The van der Waals surface area contributed by atoms with Crippen molar-refractivity contribution in [1.82, 2.24) is 4.90 Å². The molecule has 0 N–H and O–H groups in total. The molecule has 0 bridgehead atoms. The Morgan fingerprint density at radius 3 is 2.84 bits per heavy atom. The molecule has 2 rings (SSSR count). The Morgan fingerprint density at radius 1 is 1.53 bits per heavy atom. The van der Waals surface area contributed by atoms with E-state index in [9.17, 15) is 9.18 Å². The third-order valence-electron chi connectivity index (χ3n) is 3.49. The number of alkyl halides is 1. The van der Waals surface area contributed by atoms with Crippen LogP contribution < -0.4 is 4.74 Å². The van der Waals surface area contributed by atoms with Gasteiger partial charge in [-0.3, -0.25) is 4.79 Å². The third-order valence-corrected chi connectivity index (χ3v) is 4.85. The van der Waals surface area contributed by atoms with Gasteiger partial charge < -0.3 is 9.64 Å². The van der Waals surface area contributed by atoms with Crippen molar-refractivity contribution >= 4 is 21.8 Å². The van der Waals surface area contributed by atoms with Crippen LogP contribution in [-0.2, 0) is 0 Å². The van der Waals surface area contributed by atoms with Gasteiger partial charge in [0.15, 0.2) is 0 Å². The van der Waals surface area contributed by atoms with Crippen LogP contribution in [0.5, 0.6) is 5.75 Å². The fraction of sp³-hybridized carbons (Fsp3) is 0.500. The highest BCUT2D eigenvalue weighted by Gasteiger charge is 2.28. The van der Waals surface area contributed by atoms with Crippen LogP contribution in [0.4, 0.5) is 4.39 Å². The quantitative estimate of drug-likeness (QED) is 0.780. The second-order valence-corrected chi connectivity index (χ2v) is 6.06. The summed E-state index contributed by atoms with van der Waals surface area (Å²) in [6, 6.07) is 4.34. The van der Waals surface area contributed by atoms with Gasteiger partial charge in [-0.2, -0.15) is 0 Å². The van der Waals surface area contributed by atoms with E-state index in [1.54, 1.807) is 11.0 Å².